The van der Waals surface area contributed by atoms with Crippen molar-refractivity contribution < 1.29 is 23.8 Å². The maximum Gasteiger partial charge on any atom is 0.409 e. The topological polar surface area (TPSA) is 68.3 Å². The minimum Gasteiger partial charge on any atom is -0.457 e. The summed E-state index contributed by atoms with van der Waals surface area (Å²) in [5.41, 5.74) is 3.90. The zero-order chi connectivity index (χ0) is 23.7. The predicted molar refractivity (Wildman–Crippen MR) is 127 cm³/mol. The number of likely N-dealkylation sites (N-methyl/N-ethyl adjacent to an activating group) is 1. The second-order valence-corrected chi connectivity index (χ2v) is 8.53. The molecule has 3 aromatic rings. The van der Waals surface area contributed by atoms with Gasteiger partial charge in [0.15, 0.2) is 6.10 Å². The number of anilines is 1. The number of benzene rings is 3. The highest BCUT2D eigenvalue weighted by Crippen LogP contribution is 2.38. The smallest absolute Gasteiger partial charge is 0.409 e. The maximum atomic E-state index is 12.8. The fourth-order valence-corrected chi connectivity index (χ4v) is 4.41. The normalized spacial score (nSPS) is 19.4. The molecule has 34 heavy (non-hydrogen) atoms. The number of carbonyl (C=O) groups is 2. The Bertz CT molecular complexity index is 1190. The Kier molecular flexibility index (Phi) is 5.94. The largest absolute Gasteiger partial charge is 0.457 e. The summed E-state index contributed by atoms with van der Waals surface area (Å²) >= 11 is 0. The van der Waals surface area contributed by atoms with E-state index in [1.54, 1.807) is 24.0 Å². The van der Waals surface area contributed by atoms with E-state index in [-0.39, 0.29) is 18.0 Å². The first-order valence-corrected chi connectivity index (χ1v) is 11.2. The SMILES string of the molecule is COC1C(=O)N(Cc2ccc(Oc3ccc(CC4COC(=O)N4C)cc3)cc2)c2ccccc21. The van der Waals surface area contributed by atoms with Crippen molar-refractivity contribution in [3.63, 3.8) is 0 Å². The summed E-state index contributed by atoms with van der Waals surface area (Å²) in [5.74, 6) is 1.40. The molecule has 174 valence electrons. The van der Waals surface area contributed by atoms with Gasteiger partial charge >= 0.3 is 6.09 Å². The molecule has 2 heterocycles. The third-order valence-electron chi connectivity index (χ3n) is 6.37. The van der Waals surface area contributed by atoms with Crippen LogP contribution in [-0.2, 0) is 27.2 Å². The third kappa shape index (κ3) is 4.22. The number of methoxy groups -OCH3 is 1. The number of ether oxygens (including phenoxy) is 3. The van der Waals surface area contributed by atoms with Gasteiger partial charge < -0.3 is 24.0 Å². The van der Waals surface area contributed by atoms with Crippen molar-refractivity contribution in [3.05, 3.63) is 89.5 Å². The van der Waals surface area contributed by atoms with Gasteiger partial charge in [0.2, 0.25) is 0 Å². The Morgan fingerprint density at radius 3 is 2.18 bits per heavy atom. The molecule has 0 aliphatic carbocycles. The van der Waals surface area contributed by atoms with Crippen LogP contribution in [0.15, 0.2) is 72.8 Å². The summed E-state index contributed by atoms with van der Waals surface area (Å²) in [7, 11) is 3.32. The molecule has 2 amide bonds. The van der Waals surface area contributed by atoms with Crippen LogP contribution in [0.4, 0.5) is 10.5 Å². The molecule has 5 rings (SSSR count). The number of rotatable bonds is 7. The van der Waals surface area contributed by atoms with Crippen LogP contribution in [0.3, 0.4) is 0 Å². The maximum absolute atomic E-state index is 12.8. The van der Waals surface area contributed by atoms with E-state index in [1.165, 1.54) is 0 Å². The molecule has 2 aliphatic heterocycles. The van der Waals surface area contributed by atoms with E-state index in [9.17, 15) is 9.59 Å². The van der Waals surface area contributed by atoms with Gasteiger partial charge in [-0.25, -0.2) is 4.79 Å². The molecule has 1 saturated heterocycles. The summed E-state index contributed by atoms with van der Waals surface area (Å²) < 4.78 is 16.5. The minimum atomic E-state index is -0.552. The lowest BCUT2D eigenvalue weighted by Gasteiger charge is -2.18. The molecule has 0 aromatic heterocycles. The zero-order valence-corrected chi connectivity index (χ0v) is 19.1. The minimum absolute atomic E-state index is 0.0520. The lowest BCUT2D eigenvalue weighted by Crippen LogP contribution is -2.30. The monoisotopic (exact) mass is 458 g/mol. The van der Waals surface area contributed by atoms with Crippen molar-refractivity contribution in [2.24, 2.45) is 0 Å². The van der Waals surface area contributed by atoms with Gasteiger partial charge in [-0.15, -0.1) is 0 Å². The highest BCUT2D eigenvalue weighted by atomic mass is 16.6. The van der Waals surface area contributed by atoms with Crippen LogP contribution in [0, 0.1) is 0 Å². The van der Waals surface area contributed by atoms with Gasteiger partial charge in [-0.3, -0.25) is 4.79 Å². The number of fused-ring (bicyclic) bond motifs is 1. The molecule has 2 aliphatic rings. The number of hydrogen-bond donors (Lipinski definition) is 0. The molecular weight excluding hydrogens is 432 g/mol. The van der Waals surface area contributed by atoms with Crippen molar-refractivity contribution >= 4 is 17.7 Å². The first-order valence-electron chi connectivity index (χ1n) is 11.2. The van der Waals surface area contributed by atoms with Crippen LogP contribution in [0.1, 0.15) is 22.8 Å². The third-order valence-corrected chi connectivity index (χ3v) is 6.37. The lowest BCUT2D eigenvalue weighted by molar-refractivity contribution is -0.127. The van der Waals surface area contributed by atoms with Crippen molar-refractivity contribution in [3.8, 4) is 11.5 Å². The average Bonchev–Trinajstić information content (AvgIpc) is 3.32. The molecule has 2 atom stereocenters. The highest BCUT2D eigenvalue weighted by molar-refractivity contribution is 6.03. The Balaban J connectivity index is 1.21. The number of cyclic esters (lactones) is 1. The van der Waals surface area contributed by atoms with E-state index in [0.717, 1.165) is 34.5 Å². The predicted octanol–water partition coefficient (Wildman–Crippen LogP) is 4.71. The first-order chi connectivity index (χ1) is 16.5. The molecule has 3 aromatic carbocycles. The van der Waals surface area contributed by atoms with Gasteiger partial charge in [-0.05, 0) is 47.9 Å². The fourth-order valence-electron chi connectivity index (χ4n) is 4.41. The molecule has 0 saturated carbocycles. The van der Waals surface area contributed by atoms with Crippen molar-refractivity contribution in [2.45, 2.75) is 25.1 Å². The number of amides is 2. The molecule has 7 heteroatoms. The second kappa shape index (κ2) is 9.19. The lowest BCUT2D eigenvalue weighted by atomic mass is 10.1. The molecule has 0 bridgehead atoms. The van der Waals surface area contributed by atoms with Crippen molar-refractivity contribution in [1.82, 2.24) is 4.90 Å². The zero-order valence-electron chi connectivity index (χ0n) is 19.1. The number of para-hydroxylation sites is 1. The number of carbonyl (C=O) groups excluding carboxylic acids is 2. The standard InChI is InChI=1S/C27H26N2O5/c1-28-20(17-33-27(28)31)15-18-7-11-21(12-8-18)34-22-13-9-19(10-14-22)16-29-24-6-4-3-5-23(24)25(32-2)26(29)30/h3-14,20,25H,15-17H2,1-2H3. The van der Waals surface area contributed by atoms with E-state index >= 15 is 0 Å². The van der Waals surface area contributed by atoms with E-state index < -0.39 is 6.10 Å². The number of hydrogen-bond acceptors (Lipinski definition) is 5. The molecule has 1 fully saturated rings. The summed E-state index contributed by atoms with van der Waals surface area (Å²) in [6.45, 7) is 0.882. The molecular formula is C27H26N2O5. The van der Waals surface area contributed by atoms with Gasteiger partial charge in [0.1, 0.15) is 18.1 Å². The molecule has 7 nitrogen and oxygen atoms in total. The second-order valence-electron chi connectivity index (χ2n) is 8.53. The van der Waals surface area contributed by atoms with Crippen LogP contribution in [0.5, 0.6) is 11.5 Å². The van der Waals surface area contributed by atoms with E-state index in [2.05, 4.69) is 0 Å². The highest BCUT2D eigenvalue weighted by Gasteiger charge is 2.37. The van der Waals surface area contributed by atoms with Gasteiger partial charge in [0.25, 0.3) is 5.91 Å². The van der Waals surface area contributed by atoms with Crippen LogP contribution >= 0.6 is 0 Å². The summed E-state index contributed by atoms with van der Waals surface area (Å²) in [5, 5.41) is 0. The summed E-state index contributed by atoms with van der Waals surface area (Å²) in [6, 6.07) is 23.4. The molecule has 0 N–H and O–H groups in total. The fraction of sp³-hybridized carbons (Fsp3) is 0.259. The number of nitrogens with zero attached hydrogens (tertiary/aromatic N) is 2. The van der Waals surface area contributed by atoms with Crippen LogP contribution < -0.4 is 9.64 Å². The first kappa shape index (κ1) is 22.0. The quantitative estimate of drug-likeness (QED) is 0.513. The van der Waals surface area contributed by atoms with E-state index in [0.29, 0.717) is 18.9 Å². The van der Waals surface area contributed by atoms with E-state index in [1.807, 2.05) is 72.8 Å². The molecule has 2 unspecified atom stereocenters. The summed E-state index contributed by atoms with van der Waals surface area (Å²) in [4.78, 5) is 27.7. The van der Waals surface area contributed by atoms with Crippen LogP contribution in [0.2, 0.25) is 0 Å². The van der Waals surface area contributed by atoms with Crippen molar-refractivity contribution in [2.75, 3.05) is 25.7 Å². The Hall–Kier alpha value is -3.84. The van der Waals surface area contributed by atoms with Gasteiger partial charge in [-0.2, -0.15) is 0 Å². The van der Waals surface area contributed by atoms with Gasteiger partial charge in [0.05, 0.1) is 18.3 Å². The summed E-state index contributed by atoms with van der Waals surface area (Å²) in [6.07, 6.45) is -0.0893. The Morgan fingerprint density at radius 2 is 1.56 bits per heavy atom. The average molecular weight is 459 g/mol. The van der Waals surface area contributed by atoms with Crippen LogP contribution in [0.25, 0.3) is 0 Å². The Morgan fingerprint density at radius 1 is 0.912 bits per heavy atom. The molecule has 0 spiro atoms. The van der Waals surface area contributed by atoms with Gasteiger partial charge in [-0.1, -0.05) is 42.5 Å². The molecule has 0 radical (unpaired) electrons. The van der Waals surface area contributed by atoms with Crippen molar-refractivity contribution in [1.29, 1.82) is 0 Å². The van der Waals surface area contributed by atoms with Gasteiger partial charge in [0, 0.05) is 19.7 Å². The Labute approximate surface area is 198 Å². The van der Waals surface area contributed by atoms with E-state index in [4.69, 9.17) is 14.2 Å². The van der Waals surface area contributed by atoms with Crippen LogP contribution in [-0.4, -0.2) is 43.7 Å².